The maximum absolute atomic E-state index is 12.6. The third-order valence-electron chi connectivity index (χ3n) is 3.51. The van der Waals surface area contributed by atoms with E-state index >= 15 is 0 Å². The van der Waals surface area contributed by atoms with Crippen LogP contribution in [-0.2, 0) is 9.53 Å². The number of ether oxygens (including phenoxy) is 1. The minimum atomic E-state index is -1.05. The smallest absolute Gasteiger partial charge is 0.334 e. The molecule has 1 aromatic heterocycles. The number of nitrogens with zero attached hydrogens (tertiary/aromatic N) is 1. The summed E-state index contributed by atoms with van der Waals surface area (Å²) in [5, 5.41) is 9.81. The first-order valence-corrected chi connectivity index (χ1v) is 7.26. The topological polar surface area (TPSA) is 82.6 Å². The number of fused-ring (bicyclic) bond motifs is 1. The van der Waals surface area contributed by atoms with Gasteiger partial charge in [0, 0.05) is 28.1 Å². The predicted octanol–water partition coefficient (Wildman–Crippen LogP) is 1.86. The zero-order chi connectivity index (χ0) is 15.0. The van der Waals surface area contributed by atoms with Crippen LogP contribution >= 0.6 is 15.9 Å². The standard InChI is InChI=1S/C14H13BrN2O4/c15-9-2-1-3-10-12(9)8(6-16-10)13(18)17-4-5-21-11(7-17)14(19)20/h1-3,6,11,16H,4-5,7H2,(H,19,20)/t11-/m1/s1. The van der Waals surface area contributed by atoms with Crippen LogP contribution in [0.1, 0.15) is 10.4 Å². The fourth-order valence-corrected chi connectivity index (χ4v) is 3.04. The number of H-pyrrole nitrogens is 1. The van der Waals surface area contributed by atoms with Gasteiger partial charge in [-0.05, 0) is 12.1 Å². The summed E-state index contributed by atoms with van der Waals surface area (Å²) in [7, 11) is 0. The summed E-state index contributed by atoms with van der Waals surface area (Å²) < 4.78 is 5.96. The highest BCUT2D eigenvalue weighted by atomic mass is 79.9. The molecular weight excluding hydrogens is 340 g/mol. The number of morpholine rings is 1. The lowest BCUT2D eigenvalue weighted by Gasteiger charge is -2.30. The first kappa shape index (κ1) is 14.1. The van der Waals surface area contributed by atoms with Crippen molar-refractivity contribution in [2.24, 2.45) is 0 Å². The number of amides is 1. The first-order chi connectivity index (χ1) is 10.1. The number of carbonyl (C=O) groups excluding carboxylic acids is 1. The van der Waals surface area contributed by atoms with Crippen molar-refractivity contribution in [2.75, 3.05) is 19.7 Å². The van der Waals surface area contributed by atoms with Crippen LogP contribution in [-0.4, -0.2) is 52.7 Å². The highest BCUT2D eigenvalue weighted by Crippen LogP contribution is 2.28. The van der Waals surface area contributed by atoms with Crippen molar-refractivity contribution in [3.63, 3.8) is 0 Å². The van der Waals surface area contributed by atoms with Crippen LogP contribution in [0.15, 0.2) is 28.9 Å². The summed E-state index contributed by atoms with van der Waals surface area (Å²) in [4.78, 5) is 28.2. The van der Waals surface area contributed by atoms with Gasteiger partial charge in [0.2, 0.25) is 0 Å². The van der Waals surface area contributed by atoms with Crippen LogP contribution in [0.2, 0.25) is 0 Å². The number of benzene rings is 1. The Hall–Kier alpha value is -1.86. The second-order valence-corrected chi connectivity index (χ2v) is 5.67. The van der Waals surface area contributed by atoms with E-state index in [-0.39, 0.29) is 19.1 Å². The summed E-state index contributed by atoms with van der Waals surface area (Å²) in [6.45, 7) is 0.678. The monoisotopic (exact) mass is 352 g/mol. The highest BCUT2D eigenvalue weighted by Gasteiger charge is 2.30. The molecule has 0 aliphatic carbocycles. The quantitative estimate of drug-likeness (QED) is 0.863. The molecular formula is C14H13BrN2O4. The summed E-state index contributed by atoms with van der Waals surface area (Å²) in [6.07, 6.45) is 0.694. The van der Waals surface area contributed by atoms with Gasteiger partial charge in [-0.2, -0.15) is 0 Å². The molecule has 2 aromatic rings. The maximum atomic E-state index is 12.6. The molecule has 0 unspecified atom stereocenters. The zero-order valence-corrected chi connectivity index (χ0v) is 12.6. The van der Waals surface area contributed by atoms with Gasteiger partial charge in [0.1, 0.15) is 0 Å². The average molecular weight is 353 g/mol. The Bertz CT molecular complexity index is 712. The number of aromatic amines is 1. The molecule has 1 amide bonds. The van der Waals surface area contributed by atoms with Crippen LogP contribution in [0.5, 0.6) is 0 Å². The number of nitrogens with one attached hydrogen (secondary N) is 1. The molecule has 0 radical (unpaired) electrons. The van der Waals surface area contributed by atoms with Crippen LogP contribution < -0.4 is 0 Å². The van der Waals surface area contributed by atoms with E-state index < -0.39 is 12.1 Å². The third kappa shape index (κ3) is 2.54. The number of halogens is 1. The Morgan fingerprint density at radius 1 is 1.43 bits per heavy atom. The fraction of sp³-hybridized carbons (Fsp3) is 0.286. The predicted molar refractivity (Wildman–Crippen MR) is 79.3 cm³/mol. The second kappa shape index (κ2) is 5.50. The number of carboxylic acid groups (broad SMARTS) is 1. The molecule has 6 nitrogen and oxygen atoms in total. The summed E-state index contributed by atoms with van der Waals surface area (Å²) in [5.74, 6) is -1.24. The number of hydrogen-bond donors (Lipinski definition) is 2. The zero-order valence-electron chi connectivity index (χ0n) is 11.0. The van der Waals surface area contributed by atoms with E-state index in [1.807, 2.05) is 18.2 Å². The number of aliphatic carboxylic acids is 1. The van der Waals surface area contributed by atoms with Crippen molar-refractivity contribution in [1.82, 2.24) is 9.88 Å². The van der Waals surface area contributed by atoms with E-state index in [9.17, 15) is 9.59 Å². The van der Waals surface area contributed by atoms with Gasteiger partial charge in [0.25, 0.3) is 5.91 Å². The first-order valence-electron chi connectivity index (χ1n) is 6.47. The number of aromatic nitrogens is 1. The van der Waals surface area contributed by atoms with E-state index in [0.717, 1.165) is 15.4 Å². The molecule has 7 heteroatoms. The Balaban J connectivity index is 1.92. The molecule has 1 aromatic carbocycles. The van der Waals surface area contributed by atoms with Crippen LogP contribution in [0, 0.1) is 0 Å². The van der Waals surface area contributed by atoms with Crippen molar-refractivity contribution in [1.29, 1.82) is 0 Å². The molecule has 21 heavy (non-hydrogen) atoms. The summed E-state index contributed by atoms with van der Waals surface area (Å²) in [6, 6.07) is 5.63. The lowest BCUT2D eigenvalue weighted by Crippen LogP contribution is -2.48. The van der Waals surface area contributed by atoms with E-state index in [1.54, 1.807) is 6.20 Å². The van der Waals surface area contributed by atoms with Gasteiger partial charge in [0.05, 0.1) is 18.7 Å². The molecule has 1 aliphatic heterocycles. The Morgan fingerprint density at radius 2 is 2.24 bits per heavy atom. The lowest BCUT2D eigenvalue weighted by atomic mass is 10.1. The third-order valence-corrected chi connectivity index (χ3v) is 4.18. The van der Waals surface area contributed by atoms with Crippen molar-refractivity contribution < 1.29 is 19.4 Å². The number of hydrogen-bond acceptors (Lipinski definition) is 3. The normalized spacial score (nSPS) is 18.9. The van der Waals surface area contributed by atoms with Gasteiger partial charge in [-0.3, -0.25) is 4.79 Å². The molecule has 0 spiro atoms. The van der Waals surface area contributed by atoms with E-state index in [4.69, 9.17) is 9.84 Å². The minimum Gasteiger partial charge on any atom is -0.479 e. The maximum Gasteiger partial charge on any atom is 0.334 e. The van der Waals surface area contributed by atoms with Crippen LogP contribution in [0.25, 0.3) is 10.9 Å². The molecule has 1 aliphatic rings. The van der Waals surface area contributed by atoms with Gasteiger partial charge in [-0.15, -0.1) is 0 Å². The molecule has 3 rings (SSSR count). The Kier molecular flexibility index (Phi) is 3.69. The molecule has 1 saturated heterocycles. The number of carboxylic acids is 1. The van der Waals surface area contributed by atoms with Crippen LogP contribution in [0.3, 0.4) is 0 Å². The van der Waals surface area contributed by atoms with Gasteiger partial charge in [-0.1, -0.05) is 22.0 Å². The lowest BCUT2D eigenvalue weighted by molar-refractivity contribution is -0.154. The van der Waals surface area contributed by atoms with Gasteiger partial charge in [0.15, 0.2) is 6.10 Å². The fourth-order valence-electron chi connectivity index (χ4n) is 2.46. The molecule has 2 heterocycles. The van der Waals surface area contributed by atoms with E-state index in [2.05, 4.69) is 20.9 Å². The Labute approximate surface area is 128 Å². The van der Waals surface area contributed by atoms with E-state index in [1.165, 1.54) is 4.90 Å². The molecule has 0 bridgehead atoms. The van der Waals surface area contributed by atoms with Gasteiger partial charge >= 0.3 is 5.97 Å². The highest BCUT2D eigenvalue weighted by molar-refractivity contribution is 9.10. The molecule has 2 N–H and O–H groups in total. The molecule has 0 saturated carbocycles. The summed E-state index contributed by atoms with van der Waals surface area (Å²) >= 11 is 3.44. The summed E-state index contributed by atoms with van der Waals surface area (Å²) in [5.41, 5.74) is 1.39. The van der Waals surface area contributed by atoms with Crippen molar-refractivity contribution >= 4 is 38.7 Å². The molecule has 1 fully saturated rings. The molecule has 110 valence electrons. The SMILES string of the molecule is O=C(O)[C@H]1CN(C(=O)c2c[nH]c3cccc(Br)c23)CCO1. The van der Waals surface area contributed by atoms with Gasteiger partial charge < -0.3 is 19.7 Å². The average Bonchev–Trinajstić information content (AvgIpc) is 2.92. The van der Waals surface area contributed by atoms with Crippen molar-refractivity contribution in [3.05, 3.63) is 34.4 Å². The second-order valence-electron chi connectivity index (χ2n) is 4.81. The van der Waals surface area contributed by atoms with Gasteiger partial charge in [-0.25, -0.2) is 4.79 Å². The van der Waals surface area contributed by atoms with E-state index in [0.29, 0.717) is 12.1 Å². The largest absolute Gasteiger partial charge is 0.479 e. The van der Waals surface area contributed by atoms with Crippen molar-refractivity contribution in [2.45, 2.75) is 6.10 Å². The number of carbonyl (C=O) groups is 2. The molecule has 1 atom stereocenters. The van der Waals surface area contributed by atoms with Crippen LogP contribution in [0.4, 0.5) is 0 Å². The Morgan fingerprint density at radius 3 is 3.00 bits per heavy atom. The van der Waals surface area contributed by atoms with Crippen molar-refractivity contribution in [3.8, 4) is 0 Å². The number of rotatable bonds is 2. The minimum absolute atomic E-state index is 0.0608.